The molecule has 5 rings (SSSR count). The molecule has 0 bridgehead atoms. The Morgan fingerprint density at radius 2 is 1.76 bits per heavy atom. The summed E-state index contributed by atoms with van der Waals surface area (Å²) in [6.45, 7) is 0. The molecule has 0 spiro atoms. The third kappa shape index (κ3) is 5.40. The predicted octanol–water partition coefficient (Wildman–Crippen LogP) is 6.78. The Kier molecular flexibility index (Phi) is 7.03. The van der Waals surface area contributed by atoms with Gasteiger partial charge in [0.15, 0.2) is 10.9 Å². The number of halogens is 3. The zero-order valence-corrected chi connectivity index (χ0v) is 22.0. The van der Waals surface area contributed by atoms with Gasteiger partial charge in [-0.2, -0.15) is 4.80 Å². The van der Waals surface area contributed by atoms with Gasteiger partial charge in [0.2, 0.25) is 0 Å². The van der Waals surface area contributed by atoms with Gasteiger partial charge in [0, 0.05) is 16.3 Å². The number of ether oxygens (including phenoxy) is 1. The van der Waals surface area contributed by atoms with Crippen LogP contribution in [0.15, 0.2) is 71.1 Å². The van der Waals surface area contributed by atoms with Gasteiger partial charge in [0.25, 0.3) is 5.91 Å². The topological polar surface area (TPSA) is 94.2 Å². The van der Waals surface area contributed by atoms with Gasteiger partial charge in [-0.3, -0.25) is 10.1 Å². The second-order valence-corrected chi connectivity index (χ2v) is 9.37. The Bertz CT molecular complexity index is 1670. The molecule has 3 aromatic carbocycles. The predicted molar refractivity (Wildman–Crippen MR) is 148 cm³/mol. The first-order valence-corrected chi connectivity index (χ1v) is 12.2. The maximum absolute atomic E-state index is 12.6. The number of methoxy groups -OCH3 is 1. The molecule has 12 heteroatoms. The number of nitrogens with zero attached hydrogens (tertiary/aromatic N) is 3. The zero-order chi connectivity index (χ0) is 26.1. The monoisotopic (exact) mass is 571 g/mol. The van der Waals surface area contributed by atoms with Crippen molar-refractivity contribution in [2.45, 2.75) is 0 Å². The highest BCUT2D eigenvalue weighted by molar-refractivity contribution is 7.80. The van der Waals surface area contributed by atoms with Gasteiger partial charge in [-0.1, -0.05) is 34.8 Å². The van der Waals surface area contributed by atoms with Crippen LogP contribution in [0.1, 0.15) is 10.6 Å². The molecule has 0 saturated heterocycles. The van der Waals surface area contributed by atoms with E-state index in [4.69, 9.17) is 56.2 Å². The molecule has 1 amide bonds. The van der Waals surface area contributed by atoms with E-state index < -0.39 is 5.91 Å². The van der Waals surface area contributed by atoms with E-state index in [0.29, 0.717) is 54.5 Å². The molecular formula is C25H16Cl3N5O3S. The highest BCUT2D eigenvalue weighted by Crippen LogP contribution is 2.31. The summed E-state index contributed by atoms with van der Waals surface area (Å²) >= 11 is 23.7. The summed E-state index contributed by atoms with van der Waals surface area (Å²) in [5.41, 5.74) is 3.18. The number of nitrogens with one attached hydrogen (secondary N) is 2. The average molecular weight is 573 g/mol. The number of hydrogen-bond donors (Lipinski definition) is 2. The fourth-order valence-corrected chi connectivity index (χ4v) is 4.47. The molecule has 0 aliphatic carbocycles. The third-order valence-electron chi connectivity index (χ3n) is 5.26. The molecule has 5 aromatic rings. The number of carbonyl (C=O) groups is 1. The second-order valence-electron chi connectivity index (χ2n) is 7.71. The second kappa shape index (κ2) is 10.4. The van der Waals surface area contributed by atoms with Crippen LogP contribution in [0.3, 0.4) is 0 Å². The minimum Gasteiger partial charge on any atom is -0.495 e. The van der Waals surface area contributed by atoms with Crippen molar-refractivity contribution in [3.05, 3.63) is 87.6 Å². The molecule has 2 N–H and O–H groups in total. The first kappa shape index (κ1) is 25.0. The molecule has 0 aliphatic rings. The summed E-state index contributed by atoms with van der Waals surface area (Å²) in [4.78, 5) is 14.1. The molecule has 37 heavy (non-hydrogen) atoms. The van der Waals surface area contributed by atoms with Crippen molar-refractivity contribution in [3.8, 4) is 22.8 Å². The number of hydrogen-bond acceptors (Lipinski definition) is 6. The van der Waals surface area contributed by atoms with E-state index in [-0.39, 0.29) is 10.9 Å². The summed E-state index contributed by atoms with van der Waals surface area (Å²) in [5.74, 6) is 0.542. The van der Waals surface area contributed by atoms with Gasteiger partial charge in [-0.05, 0) is 78.9 Å². The Balaban J connectivity index is 1.27. The lowest BCUT2D eigenvalue weighted by atomic mass is 10.2. The summed E-state index contributed by atoms with van der Waals surface area (Å²) in [6.07, 6.45) is 0. The molecule has 2 heterocycles. The molecule has 0 unspecified atom stereocenters. The fourth-order valence-electron chi connectivity index (χ4n) is 3.51. The molecule has 186 valence electrons. The SMILES string of the molecule is COc1ccc(-n2nc3ccc(NC(=S)NC(=O)c4ccc(-c5ccc(Cl)cc5Cl)o4)cc3n2)cc1Cl. The molecule has 0 fully saturated rings. The highest BCUT2D eigenvalue weighted by Gasteiger charge is 2.16. The van der Waals surface area contributed by atoms with E-state index in [9.17, 15) is 4.79 Å². The fraction of sp³-hybridized carbons (Fsp3) is 0.0400. The van der Waals surface area contributed by atoms with E-state index in [1.54, 1.807) is 67.8 Å². The summed E-state index contributed by atoms with van der Waals surface area (Å²) in [6, 6.07) is 18.8. The van der Waals surface area contributed by atoms with Crippen LogP contribution >= 0.6 is 47.0 Å². The smallest absolute Gasteiger partial charge is 0.293 e. The molecular weight excluding hydrogens is 557 g/mol. The normalized spacial score (nSPS) is 10.9. The van der Waals surface area contributed by atoms with Crippen LogP contribution in [-0.4, -0.2) is 33.1 Å². The van der Waals surface area contributed by atoms with Gasteiger partial charge in [-0.25, -0.2) is 0 Å². The van der Waals surface area contributed by atoms with E-state index >= 15 is 0 Å². The lowest BCUT2D eigenvalue weighted by Crippen LogP contribution is -2.33. The zero-order valence-electron chi connectivity index (χ0n) is 19.0. The van der Waals surface area contributed by atoms with E-state index in [1.807, 2.05) is 0 Å². The van der Waals surface area contributed by atoms with Gasteiger partial charge >= 0.3 is 0 Å². The van der Waals surface area contributed by atoms with Crippen molar-refractivity contribution in [2.24, 2.45) is 0 Å². The van der Waals surface area contributed by atoms with Crippen LogP contribution in [-0.2, 0) is 0 Å². The maximum Gasteiger partial charge on any atom is 0.293 e. The van der Waals surface area contributed by atoms with Crippen molar-refractivity contribution in [1.29, 1.82) is 0 Å². The van der Waals surface area contributed by atoms with Crippen LogP contribution in [0.5, 0.6) is 5.75 Å². The van der Waals surface area contributed by atoms with Crippen LogP contribution in [0.4, 0.5) is 5.69 Å². The van der Waals surface area contributed by atoms with Crippen molar-refractivity contribution in [1.82, 2.24) is 20.3 Å². The van der Waals surface area contributed by atoms with Crippen molar-refractivity contribution < 1.29 is 13.9 Å². The van der Waals surface area contributed by atoms with Crippen molar-refractivity contribution in [3.63, 3.8) is 0 Å². The molecule has 0 saturated carbocycles. The standard InChI is InChI=1S/C25H16Cl3N5O3S/c1-35-22-7-4-15(12-18(22)28)33-31-19-6-3-14(11-20(19)32-33)29-25(37)30-24(34)23-9-8-21(36-23)16-5-2-13(26)10-17(16)27/h2-12H,1H3,(H2,29,30,34,37). The number of anilines is 1. The van der Waals surface area contributed by atoms with E-state index in [1.165, 1.54) is 10.9 Å². The Morgan fingerprint density at radius 1 is 0.946 bits per heavy atom. The molecule has 8 nitrogen and oxygen atoms in total. The first-order chi connectivity index (χ1) is 17.8. The number of benzene rings is 3. The third-order valence-corrected chi connectivity index (χ3v) is 6.31. The number of furan rings is 1. The summed E-state index contributed by atoms with van der Waals surface area (Å²) < 4.78 is 10.8. The van der Waals surface area contributed by atoms with Gasteiger partial charge in [0.05, 0.1) is 22.8 Å². The minimum absolute atomic E-state index is 0.0710. The van der Waals surface area contributed by atoms with Crippen molar-refractivity contribution >= 4 is 74.8 Å². The number of thiocarbonyl (C=S) groups is 1. The largest absolute Gasteiger partial charge is 0.495 e. The van der Waals surface area contributed by atoms with E-state index in [2.05, 4.69) is 20.8 Å². The summed E-state index contributed by atoms with van der Waals surface area (Å²) in [5, 5.41) is 16.0. The molecule has 2 aromatic heterocycles. The van der Waals surface area contributed by atoms with Gasteiger partial charge in [-0.15, -0.1) is 10.2 Å². The molecule has 0 aliphatic heterocycles. The van der Waals surface area contributed by atoms with Crippen molar-refractivity contribution in [2.75, 3.05) is 12.4 Å². The first-order valence-electron chi connectivity index (χ1n) is 10.7. The highest BCUT2D eigenvalue weighted by atomic mass is 35.5. The number of rotatable bonds is 5. The minimum atomic E-state index is -0.516. The van der Waals surface area contributed by atoms with Crippen LogP contribution in [0.25, 0.3) is 28.0 Å². The number of amides is 1. The summed E-state index contributed by atoms with van der Waals surface area (Å²) in [7, 11) is 1.55. The Morgan fingerprint density at radius 3 is 2.51 bits per heavy atom. The number of carbonyl (C=O) groups excluding carboxylic acids is 1. The number of aromatic nitrogens is 3. The Labute approximate surface area is 231 Å². The Hall–Kier alpha value is -3.63. The van der Waals surface area contributed by atoms with Crippen LogP contribution < -0.4 is 15.4 Å². The lowest BCUT2D eigenvalue weighted by molar-refractivity contribution is 0.0951. The van der Waals surface area contributed by atoms with Gasteiger partial charge < -0.3 is 14.5 Å². The molecule has 0 radical (unpaired) electrons. The lowest BCUT2D eigenvalue weighted by Gasteiger charge is -2.08. The number of fused-ring (bicyclic) bond motifs is 1. The van der Waals surface area contributed by atoms with E-state index in [0.717, 1.165) is 0 Å². The van der Waals surface area contributed by atoms with Crippen LogP contribution in [0, 0.1) is 0 Å². The quantitative estimate of drug-likeness (QED) is 0.224. The van der Waals surface area contributed by atoms with Gasteiger partial charge in [0.1, 0.15) is 22.5 Å². The average Bonchev–Trinajstić information content (AvgIpc) is 3.51. The molecule has 0 atom stereocenters. The maximum atomic E-state index is 12.6. The van der Waals surface area contributed by atoms with Crippen LogP contribution in [0.2, 0.25) is 15.1 Å².